The van der Waals surface area contributed by atoms with E-state index < -0.39 is 28.4 Å². The quantitative estimate of drug-likeness (QED) is 0.307. The number of hydrogen-bond donors (Lipinski definition) is 1. The summed E-state index contributed by atoms with van der Waals surface area (Å²) in [6.45, 7) is -1.19. The SMILES string of the molecule is O=S(=O)(CCCSc1nnc(NCC(F)(F)F)s1)c1ccc(F)cc1. The molecule has 1 heterocycles. The number of halogens is 4. The Morgan fingerprint density at radius 2 is 1.84 bits per heavy atom. The Morgan fingerprint density at radius 3 is 2.48 bits per heavy atom. The molecule has 0 spiro atoms. The van der Waals surface area contributed by atoms with Crippen LogP contribution in [-0.2, 0) is 9.84 Å². The molecule has 0 fully saturated rings. The van der Waals surface area contributed by atoms with Gasteiger partial charge in [0.2, 0.25) is 5.13 Å². The fourth-order valence-electron chi connectivity index (χ4n) is 1.68. The second-order valence-corrected chi connectivity index (χ2v) is 9.25. The lowest BCUT2D eigenvalue weighted by atomic mass is 10.4. The van der Waals surface area contributed by atoms with E-state index in [1.54, 1.807) is 0 Å². The molecule has 0 saturated carbocycles. The summed E-state index contributed by atoms with van der Waals surface area (Å²) in [5, 5.41) is 9.49. The minimum absolute atomic E-state index is 0.0495. The van der Waals surface area contributed by atoms with Gasteiger partial charge in [0, 0.05) is 5.75 Å². The van der Waals surface area contributed by atoms with Crippen LogP contribution in [0.3, 0.4) is 0 Å². The molecule has 0 unspecified atom stereocenters. The van der Waals surface area contributed by atoms with Crippen molar-refractivity contribution in [3.8, 4) is 0 Å². The van der Waals surface area contributed by atoms with Gasteiger partial charge in [0.05, 0.1) is 10.6 Å². The zero-order valence-electron chi connectivity index (χ0n) is 12.6. The Balaban J connectivity index is 1.77. The summed E-state index contributed by atoms with van der Waals surface area (Å²) in [5.74, 6) is -0.224. The summed E-state index contributed by atoms with van der Waals surface area (Å²) >= 11 is 2.18. The van der Waals surface area contributed by atoms with E-state index in [-0.39, 0.29) is 15.8 Å². The Labute approximate surface area is 149 Å². The summed E-state index contributed by atoms with van der Waals surface area (Å²) in [7, 11) is -3.50. The lowest BCUT2D eigenvalue weighted by molar-refractivity contribution is -0.115. The minimum Gasteiger partial charge on any atom is -0.351 e. The first-order valence-electron chi connectivity index (χ1n) is 6.91. The number of anilines is 1. The summed E-state index contributed by atoms with van der Waals surface area (Å²) in [6.07, 6.45) is -4.02. The normalized spacial score (nSPS) is 12.3. The number of sulfone groups is 1. The molecule has 5 nitrogen and oxygen atoms in total. The highest BCUT2D eigenvalue weighted by molar-refractivity contribution is 8.01. The molecule has 2 rings (SSSR count). The van der Waals surface area contributed by atoms with E-state index in [9.17, 15) is 26.0 Å². The van der Waals surface area contributed by atoms with Gasteiger partial charge in [-0.05, 0) is 30.7 Å². The Hall–Kier alpha value is -1.40. The van der Waals surface area contributed by atoms with Crippen LogP contribution in [-0.4, -0.2) is 42.8 Å². The number of nitrogens with zero attached hydrogens (tertiary/aromatic N) is 2. The minimum atomic E-state index is -4.34. The monoisotopic (exact) mass is 415 g/mol. The molecule has 138 valence electrons. The molecule has 2 aromatic rings. The second-order valence-electron chi connectivity index (χ2n) is 4.82. The summed E-state index contributed by atoms with van der Waals surface area (Å²) < 4.78 is 73.6. The molecule has 0 aliphatic carbocycles. The fraction of sp³-hybridized carbons (Fsp3) is 0.385. The van der Waals surface area contributed by atoms with Crippen LogP contribution in [0.1, 0.15) is 6.42 Å². The smallest absolute Gasteiger partial charge is 0.351 e. The van der Waals surface area contributed by atoms with E-state index in [2.05, 4.69) is 15.5 Å². The average molecular weight is 415 g/mol. The van der Waals surface area contributed by atoms with Gasteiger partial charge in [0.1, 0.15) is 12.4 Å². The molecule has 0 amide bonds. The summed E-state index contributed by atoms with van der Waals surface area (Å²) in [4.78, 5) is 0.0495. The van der Waals surface area contributed by atoms with Crippen LogP contribution in [0, 0.1) is 5.82 Å². The van der Waals surface area contributed by atoms with Crippen molar-refractivity contribution >= 4 is 38.1 Å². The first-order chi connectivity index (χ1) is 11.7. The van der Waals surface area contributed by atoms with E-state index in [1.807, 2.05) is 0 Å². The van der Waals surface area contributed by atoms with Crippen LogP contribution in [0.5, 0.6) is 0 Å². The maximum atomic E-state index is 12.8. The van der Waals surface area contributed by atoms with Crippen molar-refractivity contribution in [2.45, 2.75) is 21.8 Å². The number of nitrogens with one attached hydrogen (secondary N) is 1. The van der Waals surface area contributed by atoms with E-state index in [0.717, 1.165) is 23.5 Å². The van der Waals surface area contributed by atoms with E-state index in [0.29, 0.717) is 16.5 Å². The Bertz CT molecular complexity index is 792. The molecule has 0 atom stereocenters. The molecule has 25 heavy (non-hydrogen) atoms. The van der Waals surface area contributed by atoms with Gasteiger partial charge in [-0.15, -0.1) is 10.2 Å². The van der Waals surface area contributed by atoms with Gasteiger partial charge < -0.3 is 5.32 Å². The average Bonchev–Trinajstić information content (AvgIpc) is 2.97. The van der Waals surface area contributed by atoms with E-state index in [1.165, 1.54) is 23.9 Å². The maximum Gasteiger partial charge on any atom is 0.405 e. The van der Waals surface area contributed by atoms with Crippen LogP contribution >= 0.6 is 23.1 Å². The molecule has 1 aromatic carbocycles. The van der Waals surface area contributed by atoms with Gasteiger partial charge in [-0.3, -0.25) is 0 Å². The fourth-order valence-corrected chi connectivity index (χ4v) is 4.93. The number of aromatic nitrogens is 2. The van der Waals surface area contributed by atoms with Crippen LogP contribution in [0.15, 0.2) is 33.5 Å². The predicted octanol–water partition coefficient (Wildman–Crippen LogP) is 3.61. The highest BCUT2D eigenvalue weighted by atomic mass is 32.2. The molecule has 0 saturated heterocycles. The number of thioether (sulfide) groups is 1. The van der Waals surface area contributed by atoms with Crippen LogP contribution in [0.2, 0.25) is 0 Å². The van der Waals surface area contributed by atoms with Gasteiger partial charge in [-0.1, -0.05) is 23.1 Å². The van der Waals surface area contributed by atoms with E-state index in [4.69, 9.17) is 0 Å². The molecule has 12 heteroatoms. The third-order valence-corrected chi connectivity index (χ3v) is 6.72. The molecule has 1 N–H and O–H groups in total. The molecule has 1 aromatic heterocycles. The van der Waals surface area contributed by atoms with Crippen LogP contribution < -0.4 is 5.32 Å². The highest BCUT2D eigenvalue weighted by Crippen LogP contribution is 2.27. The van der Waals surface area contributed by atoms with Gasteiger partial charge in [-0.25, -0.2) is 12.8 Å². The molecule has 0 bridgehead atoms. The van der Waals surface area contributed by atoms with Crippen LogP contribution in [0.4, 0.5) is 22.7 Å². The number of rotatable bonds is 8. The summed E-state index contributed by atoms with van der Waals surface area (Å²) in [5.41, 5.74) is 0. The van der Waals surface area contributed by atoms with Gasteiger partial charge in [0.25, 0.3) is 0 Å². The van der Waals surface area contributed by atoms with Crippen molar-refractivity contribution in [1.29, 1.82) is 0 Å². The molecule has 0 aliphatic heterocycles. The number of hydrogen-bond acceptors (Lipinski definition) is 7. The predicted molar refractivity (Wildman–Crippen MR) is 88.2 cm³/mol. The zero-order valence-corrected chi connectivity index (χ0v) is 15.0. The standard InChI is InChI=1S/C13H13F4N3O2S3/c14-9-2-4-10(5-3-9)25(21,22)7-1-6-23-12-20-19-11(24-12)18-8-13(15,16)17/h2-5H,1,6-8H2,(H,18,19). The van der Waals surface area contributed by atoms with Crippen molar-refractivity contribution in [2.75, 3.05) is 23.4 Å². The first-order valence-corrected chi connectivity index (χ1v) is 10.4. The van der Waals surface area contributed by atoms with Gasteiger partial charge in [-0.2, -0.15) is 13.2 Å². The van der Waals surface area contributed by atoms with Crippen molar-refractivity contribution < 1.29 is 26.0 Å². The molecule has 0 radical (unpaired) electrons. The lowest BCUT2D eigenvalue weighted by Crippen LogP contribution is -2.21. The second kappa shape index (κ2) is 8.32. The van der Waals surface area contributed by atoms with Gasteiger partial charge >= 0.3 is 6.18 Å². The zero-order chi connectivity index (χ0) is 18.5. The Kier molecular flexibility index (Phi) is 6.63. The largest absolute Gasteiger partial charge is 0.405 e. The van der Waals surface area contributed by atoms with Crippen LogP contribution in [0.25, 0.3) is 0 Å². The molecular formula is C13H13F4N3O2S3. The molecular weight excluding hydrogens is 402 g/mol. The number of alkyl halides is 3. The van der Waals surface area contributed by atoms with Crippen molar-refractivity contribution in [1.82, 2.24) is 10.2 Å². The third-order valence-electron chi connectivity index (χ3n) is 2.80. The van der Waals surface area contributed by atoms with Gasteiger partial charge in [0.15, 0.2) is 14.2 Å². The molecule has 0 aliphatic rings. The maximum absolute atomic E-state index is 12.8. The first kappa shape index (κ1) is 19.9. The van der Waals surface area contributed by atoms with Crippen molar-refractivity contribution in [3.63, 3.8) is 0 Å². The summed E-state index contributed by atoms with van der Waals surface area (Å²) in [6, 6.07) is 4.58. The Morgan fingerprint density at radius 1 is 1.16 bits per heavy atom. The van der Waals surface area contributed by atoms with Crippen molar-refractivity contribution in [2.24, 2.45) is 0 Å². The lowest BCUT2D eigenvalue weighted by Gasteiger charge is -2.05. The number of benzene rings is 1. The topological polar surface area (TPSA) is 72.0 Å². The van der Waals surface area contributed by atoms with Crippen molar-refractivity contribution in [3.05, 3.63) is 30.1 Å². The van der Waals surface area contributed by atoms with E-state index >= 15 is 0 Å². The third kappa shape index (κ3) is 6.78. The highest BCUT2D eigenvalue weighted by Gasteiger charge is 2.27.